The van der Waals surface area contributed by atoms with Gasteiger partial charge in [-0.3, -0.25) is 19.3 Å². The maximum absolute atomic E-state index is 12.5. The lowest BCUT2D eigenvalue weighted by molar-refractivity contribution is -0.139. The van der Waals surface area contributed by atoms with E-state index >= 15 is 0 Å². The highest BCUT2D eigenvalue weighted by Gasteiger charge is 2.28. The lowest BCUT2D eigenvalue weighted by atomic mass is 9.98. The van der Waals surface area contributed by atoms with E-state index in [1.807, 2.05) is 17.0 Å². The monoisotopic (exact) mass is 314 g/mol. The Morgan fingerprint density at radius 3 is 2.17 bits per heavy atom. The van der Waals surface area contributed by atoms with Gasteiger partial charge in [0, 0.05) is 31.5 Å². The molecule has 0 saturated carbocycles. The molecule has 3 amide bonds. The molecule has 0 radical (unpaired) electrons. The molecule has 5 heteroatoms. The Hall–Kier alpha value is -2.17. The Balaban J connectivity index is 1.64. The van der Waals surface area contributed by atoms with Gasteiger partial charge in [0.05, 0.1) is 6.54 Å². The average molecular weight is 314 g/mol. The summed E-state index contributed by atoms with van der Waals surface area (Å²) in [5.41, 5.74) is 1.54. The fraction of sp³-hybridized carbons (Fsp3) is 0.500. The first kappa shape index (κ1) is 15.7. The summed E-state index contributed by atoms with van der Waals surface area (Å²) in [6.07, 6.45) is 2.73. The van der Waals surface area contributed by atoms with Crippen LogP contribution in [0, 0.1) is 5.92 Å². The van der Waals surface area contributed by atoms with E-state index in [-0.39, 0.29) is 17.7 Å². The van der Waals surface area contributed by atoms with E-state index in [4.69, 9.17) is 0 Å². The van der Waals surface area contributed by atoms with Crippen molar-refractivity contribution in [3.8, 4) is 0 Å². The van der Waals surface area contributed by atoms with Crippen LogP contribution in [0.2, 0.25) is 0 Å². The maximum atomic E-state index is 12.5. The van der Waals surface area contributed by atoms with Gasteiger partial charge in [0.2, 0.25) is 11.8 Å². The van der Waals surface area contributed by atoms with Gasteiger partial charge in [0.15, 0.2) is 0 Å². The van der Waals surface area contributed by atoms with Crippen molar-refractivity contribution < 1.29 is 14.4 Å². The Morgan fingerprint density at radius 2 is 1.61 bits per heavy atom. The third-order valence-electron chi connectivity index (χ3n) is 4.77. The van der Waals surface area contributed by atoms with E-state index in [1.54, 1.807) is 12.1 Å². The third-order valence-corrected chi connectivity index (χ3v) is 4.77. The summed E-state index contributed by atoms with van der Waals surface area (Å²) in [6.45, 7) is 4.15. The number of nitrogens with zero attached hydrogens (tertiary/aromatic N) is 2. The predicted octanol–water partition coefficient (Wildman–Crippen LogP) is 2.21. The normalized spacial score (nSPS) is 19.5. The van der Waals surface area contributed by atoms with Gasteiger partial charge in [-0.2, -0.15) is 0 Å². The van der Waals surface area contributed by atoms with Gasteiger partial charge >= 0.3 is 0 Å². The highest BCUT2D eigenvalue weighted by Crippen LogP contribution is 2.19. The van der Waals surface area contributed by atoms with E-state index in [2.05, 4.69) is 6.92 Å². The van der Waals surface area contributed by atoms with Crippen LogP contribution in [-0.2, 0) is 16.1 Å². The van der Waals surface area contributed by atoms with Gasteiger partial charge in [-0.25, -0.2) is 0 Å². The van der Waals surface area contributed by atoms with Crippen LogP contribution in [0.15, 0.2) is 24.3 Å². The van der Waals surface area contributed by atoms with Gasteiger partial charge < -0.3 is 4.90 Å². The van der Waals surface area contributed by atoms with E-state index in [0.29, 0.717) is 30.9 Å². The van der Waals surface area contributed by atoms with E-state index < -0.39 is 0 Å². The molecular formula is C18H22N2O3. The van der Waals surface area contributed by atoms with Crippen LogP contribution in [0.4, 0.5) is 0 Å². The first-order valence-electron chi connectivity index (χ1n) is 8.26. The minimum absolute atomic E-state index is 0.0665. The molecule has 0 spiro atoms. The first-order valence-corrected chi connectivity index (χ1v) is 8.26. The van der Waals surface area contributed by atoms with Crippen molar-refractivity contribution >= 4 is 17.7 Å². The standard InChI is InChI=1S/C18H22N2O3/c1-13-8-10-19(11-9-13)18(23)15-4-2-14(3-5-15)12-20-16(21)6-7-17(20)22/h2-5,13H,6-12H2,1H3. The smallest absolute Gasteiger partial charge is 0.253 e. The van der Waals surface area contributed by atoms with Crippen LogP contribution in [-0.4, -0.2) is 40.6 Å². The Kier molecular flexibility index (Phi) is 4.46. The van der Waals surface area contributed by atoms with Gasteiger partial charge in [0.25, 0.3) is 5.91 Å². The molecule has 23 heavy (non-hydrogen) atoms. The molecule has 3 rings (SSSR count). The number of piperidine rings is 1. The van der Waals surface area contributed by atoms with Crippen molar-refractivity contribution in [2.75, 3.05) is 13.1 Å². The molecule has 1 aromatic rings. The predicted molar refractivity (Wildman–Crippen MR) is 85.5 cm³/mol. The summed E-state index contributed by atoms with van der Waals surface area (Å²) in [7, 11) is 0. The molecule has 0 atom stereocenters. The van der Waals surface area contributed by atoms with Crippen molar-refractivity contribution in [3.63, 3.8) is 0 Å². The van der Waals surface area contributed by atoms with Crippen LogP contribution in [0.25, 0.3) is 0 Å². The molecule has 0 unspecified atom stereocenters. The second-order valence-electron chi connectivity index (χ2n) is 6.55. The van der Waals surface area contributed by atoms with Crippen LogP contribution in [0.1, 0.15) is 48.5 Å². The van der Waals surface area contributed by atoms with Crippen molar-refractivity contribution in [2.24, 2.45) is 5.92 Å². The van der Waals surface area contributed by atoms with Gasteiger partial charge in [-0.1, -0.05) is 19.1 Å². The molecule has 0 aromatic heterocycles. The number of carbonyl (C=O) groups is 3. The van der Waals surface area contributed by atoms with Gasteiger partial charge in [-0.05, 0) is 36.5 Å². The van der Waals surface area contributed by atoms with Crippen LogP contribution < -0.4 is 0 Å². The number of rotatable bonds is 3. The minimum Gasteiger partial charge on any atom is -0.339 e. The fourth-order valence-corrected chi connectivity index (χ4v) is 3.13. The molecule has 2 aliphatic heterocycles. The van der Waals surface area contributed by atoms with E-state index in [9.17, 15) is 14.4 Å². The molecule has 0 aliphatic carbocycles. The Bertz CT molecular complexity index is 600. The van der Waals surface area contributed by atoms with Crippen LogP contribution in [0.3, 0.4) is 0 Å². The van der Waals surface area contributed by atoms with Crippen molar-refractivity contribution in [1.29, 1.82) is 0 Å². The zero-order valence-electron chi connectivity index (χ0n) is 13.5. The van der Waals surface area contributed by atoms with E-state index in [1.165, 1.54) is 4.90 Å². The number of imide groups is 1. The third kappa shape index (κ3) is 3.44. The van der Waals surface area contributed by atoms with Crippen molar-refractivity contribution in [1.82, 2.24) is 9.80 Å². The topological polar surface area (TPSA) is 57.7 Å². The summed E-state index contributed by atoms with van der Waals surface area (Å²) in [4.78, 5) is 39.0. The highest BCUT2D eigenvalue weighted by atomic mass is 16.2. The molecule has 2 saturated heterocycles. The second-order valence-corrected chi connectivity index (χ2v) is 6.55. The minimum atomic E-state index is -0.113. The SMILES string of the molecule is CC1CCN(C(=O)c2ccc(CN3C(=O)CCC3=O)cc2)CC1. The number of likely N-dealkylation sites (tertiary alicyclic amines) is 2. The molecule has 2 heterocycles. The quantitative estimate of drug-likeness (QED) is 0.804. The van der Waals surface area contributed by atoms with Crippen molar-refractivity contribution in [3.05, 3.63) is 35.4 Å². The summed E-state index contributed by atoms with van der Waals surface area (Å²) in [5.74, 6) is 0.531. The lowest BCUT2D eigenvalue weighted by Gasteiger charge is -2.30. The molecule has 1 aromatic carbocycles. The molecule has 0 N–H and O–H groups in total. The number of hydrogen-bond acceptors (Lipinski definition) is 3. The molecular weight excluding hydrogens is 292 g/mol. The lowest BCUT2D eigenvalue weighted by Crippen LogP contribution is -2.37. The van der Waals surface area contributed by atoms with Gasteiger partial charge in [0.1, 0.15) is 0 Å². The summed E-state index contributed by atoms with van der Waals surface area (Å²) >= 11 is 0. The molecule has 122 valence electrons. The molecule has 2 aliphatic rings. The summed E-state index contributed by atoms with van der Waals surface area (Å²) < 4.78 is 0. The van der Waals surface area contributed by atoms with Crippen LogP contribution in [0.5, 0.6) is 0 Å². The van der Waals surface area contributed by atoms with Crippen LogP contribution >= 0.6 is 0 Å². The maximum Gasteiger partial charge on any atom is 0.253 e. The number of hydrogen-bond donors (Lipinski definition) is 0. The molecule has 5 nitrogen and oxygen atoms in total. The number of benzene rings is 1. The Morgan fingerprint density at radius 1 is 1.04 bits per heavy atom. The average Bonchev–Trinajstić information content (AvgIpc) is 2.87. The van der Waals surface area contributed by atoms with Crippen molar-refractivity contribution in [2.45, 2.75) is 39.2 Å². The fourth-order valence-electron chi connectivity index (χ4n) is 3.13. The van der Waals surface area contributed by atoms with E-state index in [0.717, 1.165) is 31.5 Å². The number of carbonyl (C=O) groups excluding carboxylic acids is 3. The first-order chi connectivity index (χ1) is 11.0. The Labute approximate surface area is 136 Å². The largest absolute Gasteiger partial charge is 0.339 e. The highest BCUT2D eigenvalue weighted by molar-refractivity contribution is 6.01. The van der Waals surface area contributed by atoms with Gasteiger partial charge in [-0.15, -0.1) is 0 Å². The zero-order chi connectivity index (χ0) is 16.4. The molecule has 2 fully saturated rings. The summed E-state index contributed by atoms with van der Waals surface area (Å²) in [5, 5.41) is 0. The summed E-state index contributed by atoms with van der Waals surface area (Å²) in [6, 6.07) is 7.25. The molecule has 0 bridgehead atoms. The second kappa shape index (κ2) is 6.52. The number of amides is 3. The zero-order valence-corrected chi connectivity index (χ0v) is 13.5.